The van der Waals surface area contributed by atoms with E-state index in [1.54, 1.807) is 23.1 Å². The number of hydrogen-bond acceptors (Lipinski definition) is 3. The highest BCUT2D eigenvalue weighted by Crippen LogP contribution is 2.33. The molecular weight excluding hydrogens is 400 g/mol. The monoisotopic (exact) mass is 420 g/mol. The number of oxime groups is 1. The number of nitrogens with zero attached hydrogens (tertiary/aromatic N) is 2. The number of carbonyl (C=O) groups is 1. The van der Waals surface area contributed by atoms with Crippen LogP contribution in [-0.4, -0.2) is 29.2 Å². The molecule has 1 amide bonds. The zero-order valence-corrected chi connectivity index (χ0v) is 16.0. The SMILES string of the molecule is O=C(C1CC1)N(Cc1cccc(C(F)(F)F)c1)C[C@H]1CC(c2ccc(F)cc2)=NO1. The van der Waals surface area contributed by atoms with Crippen molar-refractivity contribution in [1.29, 1.82) is 0 Å². The molecule has 2 aliphatic rings. The minimum absolute atomic E-state index is 0.0744. The van der Waals surface area contributed by atoms with E-state index in [2.05, 4.69) is 5.16 Å². The van der Waals surface area contributed by atoms with Crippen molar-refractivity contribution >= 4 is 11.6 Å². The summed E-state index contributed by atoms with van der Waals surface area (Å²) in [5, 5.41) is 4.05. The molecule has 1 atom stereocenters. The number of carbonyl (C=O) groups excluding carboxylic acids is 1. The van der Waals surface area contributed by atoms with Gasteiger partial charge in [-0.2, -0.15) is 13.2 Å². The normalized spacial score (nSPS) is 18.7. The van der Waals surface area contributed by atoms with Gasteiger partial charge >= 0.3 is 6.18 Å². The van der Waals surface area contributed by atoms with Gasteiger partial charge < -0.3 is 9.74 Å². The van der Waals surface area contributed by atoms with Crippen molar-refractivity contribution in [3.05, 3.63) is 71.0 Å². The standard InChI is InChI=1S/C22H20F4N2O2/c23-18-8-6-15(7-9-18)20-11-19(30-27-20)13-28(21(29)16-4-5-16)12-14-2-1-3-17(10-14)22(24,25)26/h1-3,6-10,16,19H,4-5,11-13H2/t19-/m1/s1. The summed E-state index contributed by atoms with van der Waals surface area (Å²) < 4.78 is 52.2. The van der Waals surface area contributed by atoms with E-state index in [9.17, 15) is 22.4 Å². The minimum Gasteiger partial charge on any atom is -0.390 e. The van der Waals surface area contributed by atoms with Gasteiger partial charge in [0.1, 0.15) is 5.82 Å². The summed E-state index contributed by atoms with van der Waals surface area (Å²) >= 11 is 0. The first-order valence-corrected chi connectivity index (χ1v) is 9.73. The summed E-state index contributed by atoms with van der Waals surface area (Å²) in [6, 6.07) is 10.9. The van der Waals surface area contributed by atoms with E-state index in [-0.39, 0.29) is 30.7 Å². The molecule has 158 valence electrons. The number of halogens is 4. The Morgan fingerprint density at radius 2 is 1.87 bits per heavy atom. The van der Waals surface area contributed by atoms with Crippen molar-refractivity contribution in [2.75, 3.05) is 6.54 Å². The van der Waals surface area contributed by atoms with E-state index in [4.69, 9.17) is 4.84 Å². The Hall–Kier alpha value is -2.90. The molecule has 2 aromatic rings. The van der Waals surface area contributed by atoms with Crippen LogP contribution >= 0.6 is 0 Å². The lowest BCUT2D eigenvalue weighted by Crippen LogP contribution is -2.38. The Labute approximate surface area is 171 Å². The summed E-state index contributed by atoms with van der Waals surface area (Å²) in [6.45, 7) is 0.296. The summed E-state index contributed by atoms with van der Waals surface area (Å²) in [7, 11) is 0. The maximum absolute atomic E-state index is 13.1. The zero-order valence-electron chi connectivity index (χ0n) is 16.0. The van der Waals surface area contributed by atoms with Gasteiger partial charge in [-0.05, 0) is 48.2 Å². The van der Waals surface area contributed by atoms with Gasteiger partial charge in [0.25, 0.3) is 0 Å². The van der Waals surface area contributed by atoms with Gasteiger partial charge in [-0.1, -0.05) is 29.4 Å². The molecule has 8 heteroatoms. The van der Waals surface area contributed by atoms with Crippen molar-refractivity contribution in [2.24, 2.45) is 11.1 Å². The first-order chi connectivity index (χ1) is 14.3. The maximum atomic E-state index is 13.1. The third kappa shape index (κ3) is 4.80. The Kier molecular flexibility index (Phi) is 5.49. The van der Waals surface area contributed by atoms with E-state index in [0.29, 0.717) is 17.7 Å². The molecule has 30 heavy (non-hydrogen) atoms. The fourth-order valence-corrected chi connectivity index (χ4v) is 3.47. The molecule has 0 saturated heterocycles. The van der Waals surface area contributed by atoms with Gasteiger partial charge in [-0.3, -0.25) is 4.79 Å². The molecule has 0 bridgehead atoms. The second kappa shape index (κ2) is 8.08. The highest BCUT2D eigenvalue weighted by molar-refractivity contribution is 6.01. The molecule has 1 aliphatic carbocycles. The molecule has 1 saturated carbocycles. The topological polar surface area (TPSA) is 41.9 Å². The van der Waals surface area contributed by atoms with Crippen LogP contribution in [0.1, 0.15) is 36.0 Å². The van der Waals surface area contributed by atoms with Crippen LogP contribution in [0.25, 0.3) is 0 Å². The van der Waals surface area contributed by atoms with E-state index in [0.717, 1.165) is 30.5 Å². The van der Waals surface area contributed by atoms with E-state index < -0.39 is 17.8 Å². The Balaban J connectivity index is 1.45. The first kappa shape index (κ1) is 20.4. The number of benzene rings is 2. The van der Waals surface area contributed by atoms with Crippen LogP contribution in [0.4, 0.5) is 17.6 Å². The Bertz CT molecular complexity index is 952. The quantitative estimate of drug-likeness (QED) is 0.632. The third-order valence-corrected chi connectivity index (χ3v) is 5.20. The van der Waals surface area contributed by atoms with Crippen LogP contribution in [0, 0.1) is 11.7 Å². The largest absolute Gasteiger partial charge is 0.416 e. The smallest absolute Gasteiger partial charge is 0.390 e. The molecule has 0 unspecified atom stereocenters. The molecule has 0 spiro atoms. The van der Waals surface area contributed by atoms with Gasteiger partial charge in [0, 0.05) is 18.9 Å². The fraction of sp³-hybridized carbons (Fsp3) is 0.364. The van der Waals surface area contributed by atoms with Crippen LogP contribution in [0.15, 0.2) is 53.7 Å². The highest BCUT2D eigenvalue weighted by Gasteiger charge is 2.36. The second-order valence-electron chi connectivity index (χ2n) is 7.67. The molecule has 2 aromatic carbocycles. The average molecular weight is 420 g/mol. The second-order valence-corrected chi connectivity index (χ2v) is 7.67. The lowest BCUT2D eigenvalue weighted by Gasteiger charge is -2.25. The summed E-state index contributed by atoms with van der Waals surface area (Å²) in [4.78, 5) is 19.8. The van der Waals surface area contributed by atoms with Crippen molar-refractivity contribution in [3.63, 3.8) is 0 Å². The number of alkyl halides is 3. The number of rotatable bonds is 6. The highest BCUT2D eigenvalue weighted by atomic mass is 19.4. The van der Waals surface area contributed by atoms with Gasteiger partial charge in [0.2, 0.25) is 5.91 Å². The lowest BCUT2D eigenvalue weighted by molar-refractivity contribution is -0.137. The molecule has 1 fully saturated rings. The van der Waals surface area contributed by atoms with Crippen LogP contribution in [0.3, 0.4) is 0 Å². The van der Waals surface area contributed by atoms with Crippen molar-refractivity contribution in [3.8, 4) is 0 Å². The molecule has 0 radical (unpaired) electrons. The molecule has 1 heterocycles. The van der Waals surface area contributed by atoms with E-state index in [1.807, 2.05) is 0 Å². The van der Waals surface area contributed by atoms with Gasteiger partial charge in [0.15, 0.2) is 6.10 Å². The minimum atomic E-state index is -4.44. The van der Waals surface area contributed by atoms with Gasteiger partial charge in [-0.25, -0.2) is 4.39 Å². The van der Waals surface area contributed by atoms with Crippen molar-refractivity contribution in [1.82, 2.24) is 4.90 Å². The molecule has 4 nitrogen and oxygen atoms in total. The predicted octanol–water partition coefficient (Wildman–Crippen LogP) is 4.78. The summed E-state index contributed by atoms with van der Waals surface area (Å²) in [5.74, 6) is -0.502. The Morgan fingerprint density at radius 3 is 2.53 bits per heavy atom. The molecular formula is C22H20F4N2O2. The average Bonchev–Trinajstić information content (AvgIpc) is 3.46. The summed E-state index contributed by atoms with van der Waals surface area (Å²) in [6.07, 6.45) is -2.82. The van der Waals surface area contributed by atoms with E-state index in [1.165, 1.54) is 18.2 Å². The van der Waals surface area contributed by atoms with Crippen molar-refractivity contribution in [2.45, 2.75) is 38.1 Å². The molecule has 0 N–H and O–H groups in total. The summed E-state index contributed by atoms with van der Waals surface area (Å²) in [5.41, 5.74) is 1.06. The third-order valence-electron chi connectivity index (χ3n) is 5.20. The number of hydrogen-bond donors (Lipinski definition) is 0. The van der Waals surface area contributed by atoms with E-state index >= 15 is 0 Å². The van der Waals surface area contributed by atoms with Crippen LogP contribution < -0.4 is 0 Å². The fourth-order valence-electron chi connectivity index (χ4n) is 3.47. The van der Waals surface area contributed by atoms with Crippen molar-refractivity contribution < 1.29 is 27.2 Å². The van der Waals surface area contributed by atoms with Gasteiger partial charge in [-0.15, -0.1) is 0 Å². The van der Waals surface area contributed by atoms with Crippen LogP contribution in [-0.2, 0) is 22.4 Å². The predicted molar refractivity (Wildman–Crippen MR) is 102 cm³/mol. The number of amides is 1. The zero-order chi connectivity index (χ0) is 21.3. The molecule has 1 aliphatic heterocycles. The van der Waals surface area contributed by atoms with Crippen LogP contribution in [0.5, 0.6) is 0 Å². The molecule has 0 aromatic heterocycles. The van der Waals surface area contributed by atoms with Crippen LogP contribution in [0.2, 0.25) is 0 Å². The van der Waals surface area contributed by atoms with Gasteiger partial charge in [0.05, 0.1) is 17.8 Å². The molecule has 4 rings (SSSR count). The lowest BCUT2D eigenvalue weighted by atomic mass is 10.0. The maximum Gasteiger partial charge on any atom is 0.416 e. The first-order valence-electron chi connectivity index (χ1n) is 9.73. The Morgan fingerprint density at radius 1 is 1.13 bits per heavy atom.